The Labute approximate surface area is 291 Å². The Kier molecular flexibility index (Phi) is 6.60. The van der Waals surface area contributed by atoms with Crippen molar-refractivity contribution in [2.45, 2.75) is 0 Å². The highest BCUT2D eigenvalue weighted by atomic mass is 32.1. The van der Waals surface area contributed by atoms with Crippen molar-refractivity contribution in [1.82, 2.24) is 19.9 Å². The highest BCUT2D eigenvalue weighted by Gasteiger charge is 2.20. The molecule has 10 rings (SSSR count). The normalized spacial score (nSPS) is 11.6. The zero-order chi connectivity index (χ0) is 33.0. The Morgan fingerprint density at radius 2 is 1.02 bits per heavy atom. The predicted octanol–water partition coefficient (Wildman–Crippen LogP) is 11.9. The van der Waals surface area contributed by atoms with E-state index >= 15 is 0 Å². The first-order valence-corrected chi connectivity index (χ1v) is 17.3. The van der Waals surface area contributed by atoms with Crippen molar-refractivity contribution in [2.24, 2.45) is 0 Å². The van der Waals surface area contributed by atoms with Crippen molar-refractivity contribution in [3.63, 3.8) is 0 Å². The average molecular weight is 659 g/mol. The maximum Gasteiger partial charge on any atom is 0.227 e. The molecule has 0 amide bonds. The number of nitrogens with zero attached hydrogens (tertiary/aromatic N) is 4. The highest BCUT2D eigenvalue weighted by molar-refractivity contribution is 7.26. The van der Waals surface area contributed by atoms with Gasteiger partial charge in [-0.1, -0.05) is 115 Å². The fourth-order valence-electron chi connectivity index (χ4n) is 6.75. The Bertz CT molecular complexity index is 2860. The molecular formula is C44H26N4OS. The van der Waals surface area contributed by atoms with Gasteiger partial charge < -0.3 is 4.42 Å². The SMILES string of the molecule is c1ccc(-c2nc(-c3cc4ccccc4cc3-c3ccccc3)nc(-c3cccc4sc5cc6oc(-c7ccccc7)nc6cc5c34)n2)cc1. The van der Waals surface area contributed by atoms with Crippen LogP contribution < -0.4 is 0 Å². The molecule has 0 fully saturated rings. The van der Waals surface area contributed by atoms with Crippen LogP contribution in [0.5, 0.6) is 0 Å². The molecule has 0 atom stereocenters. The van der Waals surface area contributed by atoms with Gasteiger partial charge in [-0.3, -0.25) is 0 Å². The molecule has 7 aromatic carbocycles. The van der Waals surface area contributed by atoms with Gasteiger partial charge in [-0.15, -0.1) is 11.3 Å². The summed E-state index contributed by atoms with van der Waals surface area (Å²) in [5, 5.41) is 4.48. The van der Waals surface area contributed by atoms with Gasteiger partial charge in [0.1, 0.15) is 5.52 Å². The molecule has 0 spiro atoms. The number of benzene rings is 7. The average Bonchev–Trinajstić information content (AvgIpc) is 3.78. The minimum Gasteiger partial charge on any atom is -0.436 e. The van der Waals surface area contributed by atoms with E-state index in [-0.39, 0.29) is 0 Å². The lowest BCUT2D eigenvalue weighted by molar-refractivity contribution is 0.620. The Morgan fingerprint density at radius 1 is 0.420 bits per heavy atom. The molecule has 0 unspecified atom stereocenters. The molecule has 6 heteroatoms. The van der Waals surface area contributed by atoms with E-state index in [2.05, 4.69) is 91.0 Å². The molecule has 0 bridgehead atoms. The van der Waals surface area contributed by atoms with Crippen molar-refractivity contribution in [1.29, 1.82) is 0 Å². The summed E-state index contributed by atoms with van der Waals surface area (Å²) < 4.78 is 8.51. The standard InChI is InChI=1S/C44H26N4OS/c1-4-13-27(14-5-1)33-23-30-19-10-11-20-31(30)24-34(33)43-47-41(28-15-6-2-7-16-28)46-42(48-43)32-21-12-22-38-40(32)35-25-36-37(26-39(35)50-38)49-44(45-36)29-17-8-3-9-18-29/h1-26H. The smallest absolute Gasteiger partial charge is 0.227 e. The minimum atomic E-state index is 0.613. The number of hydrogen-bond donors (Lipinski definition) is 0. The number of aromatic nitrogens is 4. The van der Waals surface area contributed by atoms with Crippen molar-refractivity contribution in [3.8, 4) is 56.7 Å². The molecule has 50 heavy (non-hydrogen) atoms. The van der Waals surface area contributed by atoms with Crippen LogP contribution in [0, 0.1) is 0 Å². The molecule has 0 aliphatic heterocycles. The summed E-state index contributed by atoms with van der Waals surface area (Å²) in [4.78, 5) is 20.5. The molecule has 3 heterocycles. The fourth-order valence-corrected chi connectivity index (χ4v) is 7.90. The van der Waals surface area contributed by atoms with Gasteiger partial charge >= 0.3 is 0 Å². The highest BCUT2D eigenvalue weighted by Crippen LogP contribution is 2.42. The Morgan fingerprint density at radius 3 is 1.74 bits per heavy atom. The lowest BCUT2D eigenvalue weighted by Gasteiger charge is -2.14. The van der Waals surface area contributed by atoms with Gasteiger partial charge in [0.15, 0.2) is 23.1 Å². The van der Waals surface area contributed by atoms with Crippen LogP contribution >= 0.6 is 11.3 Å². The lowest BCUT2D eigenvalue weighted by Crippen LogP contribution is -2.01. The second-order valence-corrected chi connectivity index (χ2v) is 13.3. The van der Waals surface area contributed by atoms with Crippen LogP contribution in [0.25, 0.3) is 98.8 Å². The summed E-state index contributed by atoms with van der Waals surface area (Å²) in [6.45, 7) is 0. The fraction of sp³-hybridized carbons (Fsp3) is 0. The summed E-state index contributed by atoms with van der Waals surface area (Å²) in [6, 6.07) is 54.1. The summed E-state index contributed by atoms with van der Waals surface area (Å²) in [7, 11) is 0. The van der Waals surface area contributed by atoms with E-state index in [0.717, 1.165) is 75.4 Å². The van der Waals surface area contributed by atoms with E-state index in [1.165, 1.54) is 0 Å². The van der Waals surface area contributed by atoms with E-state index in [1.807, 2.05) is 66.7 Å². The van der Waals surface area contributed by atoms with Gasteiger partial charge in [-0.2, -0.15) is 0 Å². The van der Waals surface area contributed by atoms with Crippen LogP contribution in [0.15, 0.2) is 162 Å². The predicted molar refractivity (Wildman–Crippen MR) is 205 cm³/mol. The van der Waals surface area contributed by atoms with Crippen molar-refractivity contribution >= 4 is 53.4 Å². The molecule has 0 radical (unpaired) electrons. The second-order valence-electron chi connectivity index (χ2n) is 12.3. The third kappa shape index (κ3) is 4.85. The maximum atomic E-state index is 6.24. The van der Waals surface area contributed by atoms with Crippen LogP contribution in [-0.4, -0.2) is 19.9 Å². The zero-order valence-corrected chi connectivity index (χ0v) is 27.4. The van der Waals surface area contributed by atoms with Gasteiger partial charge in [0.05, 0.1) is 0 Å². The first-order valence-electron chi connectivity index (χ1n) is 16.5. The van der Waals surface area contributed by atoms with Gasteiger partial charge in [-0.05, 0) is 58.3 Å². The molecule has 10 aromatic rings. The lowest BCUT2D eigenvalue weighted by atomic mass is 9.95. The first-order chi connectivity index (χ1) is 24.7. The number of fused-ring (bicyclic) bond motifs is 5. The van der Waals surface area contributed by atoms with Crippen LogP contribution in [0.4, 0.5) is 0 Å². The van der Waals surface area contributed by atoms with Crippen molar-refractivity contribution < 1.29 is 4.42 Å². The van der Waals surface area contributed by atoms with Crippen molar-refractivity contribution in [2.75, 3.05) is 0 Å². The number of hydrogen-bond acceptors (Lipinski definition) is 6. The zero-order valence-electron chi connectivity index (χ0n) is 26.6. The molecule has 0 saturated carbocycles. The third-order valence-corrected chi connectivity index (χ3v) is 10.3. The van der Waals surface area contributed by atoms with Crippen molar-refractivity contribution in [3.05, 3.63) is 158 Å². The summed E-state index contributed by atoms with van der Waals surface area (Å²) >= 11 is 1.73. The van der Waals surface area contributed by atoms with Crippen LogP contribution in [0.2, 0.25) is 0 Å². The quantitative estimate of drug-likeness (QED) is 0.184. The summed E-state index contributed by atoms with van der Waals surface area (Å²) in [5.74, 6) is 2.49. The van der Waals surface area contributed by atoms with Crippen LogP contribution in [0.3, 0.4) is 0 Å². The Balaban J connectivity index is 1.22. The van der Waals surface area contributed by atoms with E-state index in [1.54, 1.807) is 11.3 Å². The van der Waals surface area contributed by atoms with Crippen LogP contribution in [0.1, 0.15) is 0 Å². The van der Waals surface area contributed by atoms with Gasteiger partial charge in [-0.25, -0.2) is 19.9 Å². The number of oxazole rings is 1. The summed E-state index contributed by atoms with van der Waals surface area (Å²) in [5.41, 5.74) is 7.54. The van der Waals surface area contributed by atoms with E-state index < -0.39 is 0 Å². The number of rotatable bonds is 5. The molecule has 0 saturated heterocycles. The van der Waals surface area contributed by atoms with Gasteiger partial charge in [0, 0.05) is 48.5 Å². The van der Waals surface area contributed by atoms with E-state index in [9.17, 15) is 0 Å². The minimum absolute atomic E-state index is 0.613. The third-order valence-electron chi connectivity index (χ3n) is 9.15. The maximum absolute atomic E-state index is 6.24. The first kappa shape index (κ1) is 28.5. The summed E-state index contributed by atoms with van der Waals surface area (Å²) in [6.07, 6.45) is 0. The van der Waals surface area contributed by atoms with Crippen LogP contribution in [-0.2, 0) is 0 Å². The second kappa shape index (κ2) is 11.6. The largest absolute Gasteiger partial charge is 0.436 e. The van der Waals surface area contributed by atoms with E-state index in [4.69, 9.17) is 24.4 Å². The number of thiophene rings is 1. The molecule has 0 N–H and O–H groups in total. The van der Waals surface area contributed by atoms with Gasteiger partial charge in [0.25, 0.3) is 0 Å². The monoisotopic (exact) mass is 658 g/mol. The topological polar surface area (TPSA) is 64.7 Å². The molecular weight excluding hydrogens is 633 g/mol. The molecule has 5 nitrogen and oxygen atoms in total. The van der Waals surface area contributed by atoms with Gasteiger partial charge in [0.2, 0.25) is 5.89 Å². The molecule has 0 aliphatic carbocycles. The molecule has 0 aliphatic rings. The molecule has 234 valence electrons. The molecule has 3 aromatic heterocycles. The Hall–Kier alpha value is -6.50. The van der Waals surface area contributed by atoms with E-state index in [0.29, 0.717) is 23.4 Å².